The van der Waals surface area contributed by atoms with E-state index in [9.17, 15) is 48.0 Å². The van der Waals surface area contributed by atoms with Gasteiger partial charge in [-0.05, 0) is 13.8 Å². The zero-order valence-corrected chi connectivity index (χ0v) is 18.2. The summed E-state index contributed by atoms with van der Waals surface area (Å²) >= 11 is 0. The van der Waals surface area contributed by atoms with Crippen molar-refractivity contribution < 1.29 is 62.2 Å². The first-order valence-electron chi connectivity index (χ1n) is 7.48. The number of hydrogen-bond acceptors (Lipinski definition) is 11. The fraction of sp³-hybridized carbons (Fsp3) is 0.615. The van der Waals surface area contributed by atoms with Gasteiger partial charge in [0.1, 0.15) is 12.4 Å². The van der Waals surface area contributed by atoms with E-state index in [1.807, 2.05) is 0 Å². The van der Waals surface area contributed by atoms with E-state index < -0.39 is 76.1 Å². The van der Waals surface area contributed by atoms with Crippen molar-refractivity contribution in [2.24, 2.45) is 0 Å². The molecule has 0 spiro atoms. The molecule has 0 aromatic carbocycles. The van der Waals surface area contributed by atoms with Gasteiger partial charge in [-0.3, -0.25) is 30.0 Å². The minimum absolute atomic E-state index is 0.0637. The Morgan fingerprint density at radius 2 is 1.57 bits per heavy atom. The molecule has 0 aliphatic carbocycles. The fourth-order valence-electron chi connectivity index (χ4n) is 1.60. The number of hydrogen-bond donors (Lipinski definition) is 0. The lowest BCUT2D eigenvalue weighted by Gasteiger charge is -2.28. The van der Waals surface area contributed by atoms with Crippen LogP contribution in [0.2, 0.25) is 0 Å². The molecule has 1 atom stereocenters. The molecule has 0 aliphatic heterocycles. The summed E-state index contributed by atoms with van der Waals surface area (Å²) in [5.41, 5.74) is -6.18. The highest BCUT2D eigenvalue weighted by Crippen LogP contribution is 2.37. The van der Waals surface area contributed by atoms with Crippen LogP contribution in [0.1, 0.15) is 13.8 Å². The monoisotopic (exact) mass is 503 g/mol. The van der Waals surface area contributed by atoms with Crippen LogP contribution in [0.25, 0.3) is 0 Å². The highest BCUT2D eigenvalue weighted by molar-refractivity contribution is 8.29. The van der Waals surface area contributed by atoms with Crippen LogP contribution in [0.15, 0.2) is 12.2 Å². The molecule has 0 N–H and O–H groups in total. The maximum absolute atomic E-state index is 12.6. The van der Waals surface area contributed by atoms with Gasteiger partial charge in [-0.25, -0.2) is 4.79 Å². The van der Waals surface area contributed by atoms with Crippen LogP contribution in [0.3, 0.4) is 0 Å². The third kappa shape index (κ3) is 8.19. The number of esters is 2. The van der Waals surface area contributed by atoms with Gasteiger partial charge in [0.05, 0.1) is 30.2 Å². The van der Waals surface area contributed by atoms with E-state index in [2.05, 4.69) is 11.3 Å². The molecule has 0 heterocycles. The number of rotatable bonds is 11. The Morgan fingerprint density at radius 3 is 1.97 bits per heavy atom. The standard InChI is InChI=1S/C13H18F3O11S3/c1-8(2)11(18)27-9(3)25-5-6-26-10(17)7-29(21,22)12(28(4,19)20)30(23,24)13(14,15)16/h9H,1,5-7H2,2-4H3/q-1. The molecule has 0 bridgehead atoms. The smallest absolute Gasteiger partial charge is 0.463 e. The van der Waals surface area contributed by atoms with Gasteiger partial charge in [-0.1, -0.05) is 6.58 Å². The van der Waals surface area contributed by atoms with Gasteiger partial charge in [-0.2, -0.15) is 13.2 Å². The molecule has 11 nitrogen and oxygen atoms in total. The summed E-state index contributed by atoms with van der Waals surface area (Å²) in [5.74, 6) is -4.53. The van der Waals surface area contributed by atoms with Gasteiger partial charge in [0.2, 0.25) is 6.29 Å². The summed E-state index contributed by atoms with van der Waals surface area (Å²) < 4.78 is 118. The quantitative estimate of drug-likeness (QED) is 0.121. The Bertz CT molecular complexity index is 979. The summed E-state index contributed by atoms with van der Waals surface area (Å²) in [6.45, 7) is 4.82. The number of sulfone groups is 3. The van der Waals surface area contributed by atoms with E-state index >= 15 is 0 Å². The normalized spacial score (nSPS) is 14.2. The molecule has 0 fully saturated rings. The predicted molar refractivity (Wildman–Crippen MR) is 94.1 cm³/mol. The third-order valence-electron chi connectivity index (χ3n) is 2.71. The molecule has 0 saturated carbocycles. The summed E-state index contributed by atoms with van der Waals surface area (Å²) in [4.78, 5) is 22.8. The number of alkyl halides is 3. The van der Waals surface area contributed by atoms with Crippen molar-refractivity contribution in [2.75, 3.05) is 25.2 Å². The lowest BCUT2D eigenvalue weighted by atomic mass is 10.4. The Balaban J connectivity index is 5.08. The summed E-state index contributed by atoms with van der Waals surface area (Å²) in [7, 11) is -18.0. The molecule has 0 radical (unpaired) electrons. The van der Waals surface area contributed by atoms with Crippen molar-refractivity contribution >= 4 is 41.5 Å². The molecule has 0 saturated heterocycles. The maximum atomic E-state index is 12.6. The van der Waals surface area contributed by atoms with Crippen molar-refractivity contribution in [3.8, 4) is 0 Å². The molecule has 30 heavy (non-hydrogen) atoms. The number of carbonyl (C=O) groups excluding carboxylic acids is 2. The Hall–Kier alpha value is -1.72. The largest absolute Gasteiger partial charge is 0.470 e. The average molecular weight is 503 g/mol. The lowest BCUT2D eigenvalue weighted by molar-refractivity contribution is -0.174. The van der Waals surface area contributed by atoms with E-state index in [0.29, 0.717) is 0 Å². The summed E-state index contributed by atoms with van der Waals surface area (Å²) in [6.07, 6.45) is -1.20. The first kappa shape index (κ1) is 28.3. The molecular formula is C13H18F3O11S3-. The molecule has 0 aromatic heterocycles. The van der Waals surface area contributed by atoms with E-state index in [0.717, 1.165) is 0 Å². The second-order valence-corrected chi connectivity index (χ2v) is 12.1. The second kappa shape index (κ2) is 10.1. The molecule has 176 valence electrons. The van der Waals surface area contributed by atoms with Crippen LogP contribution >= 0.6 is 0 Å². The van der Waals surface area contributed by atoms with Crippen molar-refractivity contribution in [1.82, 2.24) is 0 Å². The topological polar surface area (TPSA) is 164 Å². The van der Waals surface area contributed by atoms with Crippen molar-refractivity contribution in [2.45, 2.75) is 25.6 Å². The third-order valence-corrected chi connectivity index (χ3v) is 10.1. The molecule has 0 aliphatic rings. The predicted octanol–water partition coefficient (Wildman–Crippen LogP) is -0.148. The highest BCUT2D eigenvalue weighted by Gasteiger charge is 2.50. The zero-order chi connectivity index (χ0) is 24.1. The van der Waals surface area contributed by atoms with Gasteiger partial charge >= 0.3 is 17.4 Å². The first-order valence-corrected chi connectivity index (χ1v) is 12.5. The van der Waals surface area contributed by atoms with Gasteiger partial charge in [0, 0.05) is 11.8 Å². The van der Waals surface area contributed by atoms with Crippen LogP contribution in [-0.4, -0.2) is 74.2 Å². The van der Waals surface area contributed by atoms with Crippen LogP contribution < -0.4 is 0 Å². The van der Waals surface area contributed by atoms with Gasteiger partial charge in [0.15, 0.2) is 9.84 Å². The minimum Gasteiger partial charge on any atom is -0.463 e. The Kier molecular flexibility index (Phi) is 9.48. The van der Waals surface area contributed by atoms with E-state index in [4.69, 9.17) is 9.47 Å². The van der Waals surface area contributed by atoms with Crippen LogP contribution in [0.4, 0.5) is 13.2 Å². The minimum atomic E-state index is -6.80. The molecule has 0 aromatic rings. The SMILES string of the molecule is C=C(C)C(=O)OC(C)OCCOC(=O)CS(=O)(=O)[C-](S(C)(=O)=O)S(=O)(=O)C(F)(F)F. The molecular weight excluding hydrogens is 485 g/mol. The van der Waals surface area contributed by atoms with Crippen LogP contribution in [-0.2, 0) is 53.3 Å². The Labute approximate surface area is 170 Å². The van der Waals surface area contributed by atoms with E-state index in [-0.39, 0.29) is 11.8 Å². The first-order chi connectivity index (χ1) is 13.2. The van der Waals surface area contributed by atoms with Crippen molar-refractivity contribution in [3.63, 3.8) is 0 Å². The second-order valence-electron chi connectivity index (χ2n) is 5.57. The van der Waals surface area contributed by atoms with Crippen molar-refractivity contribution in [3.05, 3.63) is 16.1 Å². The summed E-state index contributed by atoms with van der Waals surface area (Å²) in [6, 6.07) is 0. The maximum Gasteiger partial charge on any atom is 0.470 e. The molecule has 0 amide bonds. The van der Waals surface area contributed by atoms with E-state index in [1.54, 1.807) is 0 Å². The van der Waals surface area contributed by atoms with Gasteiger partial charge in [0.25, 0.3) is 0 Å². The molecule has 0 rings (SSSR count). The zero-order valence-electron chi connectivity index (χ0n) is 15.8. The molecule has 17 heteroatoms. The van der Waals surface area contributed by atoms with Gasteiger partial charge < -0.3 is 14.2 Å². The number of carbonyl (C=O) groups is 2. The van der Waals surface area contributed by atoms with Crippen LogP contribution in [0, 0.1) is 3.91 Å². The fourth-order valence-corrected chi connectivity index (χ4v) is 8.00. The number of halogens is 3. The average Bonchev–Trinajstić information content (AvgIpc) is 2.47. The highest BCUT2D eigenvalue weighted by atomic mass is 32.3. The van der Waals surface area contributed by atoms with Crippen LogP contribution in [0.5, 0.6) is 0 Å². The van der Waals surface area contributed by atoms with Gasteiger partial charge in [-0.15, -0.1) is 0 Å². The molecule has 1 unspecified atom stereocenters. The van der Waals surface area contributed by atoms with E-state index in [1.165, 1.54) is 13.8 Å². The summed E-state index contributed by atoms with van der Waals surface area (Å²) in [5, 5.41) is 0. The Morgan fingerprint density at radius 1 is 1.07 bits per heavy atom. The number of ether oxygens (including phenoxy) is 3. The van der Waals surface area contributed by atoms with Crippen molar-refractivity contribution in [1.29, 1.82) is 0 Å². The lowest BCUT2D eigenvalue weighted by Crippen LogP contribution is -2.40.